The van der Waals surface area contributed by atoms with Crippen molar-refractivity contribution < 1.29 is 17.9 Å². The molecule has 0 aromatic carbocycles. The van der Waals surface area contributed by atoms with Gasteiger partial charge in [-0.15, -0.1) is 0 Å². The highest BCUT2D eigenvalue weighted by Gasteiger charge is 2.47. The zero-order valence-electron chi connectivity index (χ0n) is 12.6. The number of urea groups is 1. The Morgan fingerprint density at radius 1 is 1.19 bits per heavy atom. The Hall–Kier alpha value is -0.820. The van der Waals surface area contributed by atoms with Crippen LogP contribution in [0, 0.1) is 0 Å². The molecule has 1 spiro atoms. The number of amides is 2. The van der Waals surface area contributed by atoms with Crippen molar-refractivity contribution in [3.8, 4) is 0 Å². The lowest BCUT2D eigenvalue weighted by Gasteiger charge is -2.47. The molecule has 7 heteroatoms. The van der Waals surface area contributed by atoms with E-state index in [1.54, 1.807) is 4.90 Å². The van der Waals surface area contributed by atoms with Gasteiger partial charge in [0.2, 0.25) is 0 Å². The standard InChI is InChI=1S/C14H24N2O4S/c1-21(18,19)14(3-2-4-14)11-15-12(17)16-8-5-13(6-9-16)7-10-20-13/h2-11H2,1H3,(H,15,17). The van der Waals surface area contributed by atoms with Gasteiger partial charge in [0, 0.05) is 25.9 Å². The van der Waals surface area contributed by atoms with Crippen LogP contribution in [0.5, 0.6) is 0 Å². The van der Waals surface area contributed by atoms with Crippen LogP contribution in [-0.4, -0.2) is 62.2 Å². The SMILES string of the molecule is CS(=O)(=O)C1(CNC(=O)N2CCC3(CCO3)CC2)CCC1. The van der Waals surface area contributed by atoms with E-state index in [0.717, 1.165) is 32.3 Å². The van der Waals surface area contributed by atoms with Gasteiger partial charge in [-0.3, -0.25) is 0 Å². The van der Waals surface area contributed by atoms with E-state index in [2.05, 4.69) is 5.32 Å². The minimum Gasteiger partial charge on any atom is -0.375 e. The first kappa shape index (κ1) is 15.1. The number of sulfone groups is 1. The Morgan fingerprint density at radius 3 is 2.19 bits per heavy atom. The van der Waals surface area contributed by atoms with E-state index in [1.807, 2.05) is 0 Å². The number of rotatable bonds is 3. The lowest BCUT2D eigenvalue weighted by atomic mass is 9.84. The zero-order valence-corrected chi connectivity index (χ0v) is 13.4. The quantitative estimate of drug-likeness (QED) is 0.840. The molecule has 1 aliphatic carbocycles. The average Bonchev–Trinajstić information content (AvgIpc) is 2.34. The molecule has 3 fully saturated rings. The van der Waals surface area contributed by atoms with Crippen molar-refractivity contribution in [3.05, 3.63) is 0 Å². The summed E-state index contributed by atoms with van der Waals surface area (Å²) < 4.78 is 28.7. The molecule has 0 atom stereocenters. The van der Waals surface area contributed by atoms with Crippen LogP contribution in [0.1, 0.15) is 38.5 Å². The summed E-state index contributed by atoms with van der Waals surface area (Å²) in [6, 6.07) is -0.140. The number of hydrogen-bond donors (Lipinski definition) is 1. The highest BCUT2D eigenvalue weighted by atomic mass is 32.2. The van der Waals surface area contributed by atoms with Crippen molar-refractivity contribution in [3.63, 3.8) is 0 Å². The molecule has 0 unspecified atom stereocenters. The molecule has 0 radical (unpaired) electrons. The van der Waals surface area contributed by atoms with Crippen LogP contribution < -0.4 is 5.32 Å². The number of likely N-dealkylation sites (tertiary alicyclic amines) is 1. The number of piperidine rings is 1. The Bertz CT molecular complexity index is 513. The van der Waals surface area contributed by atoms with Crippen LogP contribution in [-0.2, 0) is 14.6 Å². The molecule has 3 rings (SSSR count). The predicted octanol–water partition coefficient (Wildman–Crippen LogP) is 0.918. The molecule has 120 valence electrons. The molecule has 0 aromatic heterocycles. The molecule has 6 nitrogen and oxygen atoms in total. The van der Waals surface area contributed by atoms with Gasteiger partial charge in [-0.1, -0.05) is 6.42 Å². The highest BCUT2D eigenvalue weighted by Crippen LogP contribution is 2.39. The zero-order chi connectivity index (χ0) is 15.1. The molecule has 3 aliphatic rings. The van der Waals surface area contributed by atoms with Crippen LogP contribution in [0.3, 0.4) is 0 Å². The van der Waals surface area contributed by atoms with Gasteiger partial charge in [0.05, 0.1) is 17.0 Å². The van der Waals surface area contributed by atoms with Gasteiger partial charge >= 0.3 is 6.03 Å². The van der Waals surface area contributed by atoms with E-state index >= 15 is 0 Å². The Labute approximate surface area is 126 Å². The van der Waals surface area contributed by atoms with E-state index < -0.39 is 14.6 Å². The highest BCUT2D eigenvalue weighted by molar-refractivity contribution is 7.92. The third-order valence-electron chi connectivity index (χ3n) is 5.54. The minimum atomic E-state index is -3.12. The van der Waals surface area contributed by atoms with E-state index in [-0.39, 0.29) is 18.2 Å². The molecule has 21 heavy (non-hydrogen) atoms. The fourth-order valence-corrected chi connectivity index (χ4v) is 4.87. The summed E-state index contributed by atoms with van der Waals surface area (Å²) in [7, 11) is -3.12. The van der Waals surface area contributed by atoms with E-state index in [4.69, 9.17) is 4.74 Å². The first-order valence-electron chi connectivity index (χ1n) is 7.72. The van der Waals surface area contributed by atoms with Crippen molar-refractivity contribution in [2.75, 3.05) is 32.5 Å². The summed E-state index contributed by atoms with van der Waals surface area (Å²) >= 11 is 0. The summed E-state index contributed by atoms with van der Waals surface area (Å²) in [6.45, 7) is 2.46. The topological polar surface area (TPSA) is 75.7 Å². The molecular weight excluding hydrogens is 292 g/mol. The summed E-state index contributed by atoms with van der Waals surface area (Å²) in [5.41, 5.74) is 0.0265. The monoisotopic (exact) mass is 316 g/mol. The van der Waals surface area contributed by atoms with Gasteiger partial charge in [0.15, 0.2) is 9.84 Å². The van der Waals surface area contributed by atoms with E-state index in [1.165, 1.54) is 6.26 Å². The van der Waals surface area contributed by atoms with Crippen molar-refractivity contribution in [2.45, 2.75) is 48.9 Å². The maximum atomic E-state index is 12.2. The van der Waals surface area contributed by atoms with Crippen LogP contribution >= 0.6 is 0 Å². The van der Waals surface area contributed by atoms with Crippen molar-refractivity contribution in [1.29, 1.82) is 0 Å². The molecule has 1 saturated carbocycles. The van der Waals surface area contributed by atoms with Crippen LogP contribution in [0.25, 0.3) is 0 Å². The normalized spacial score (nSPS) is 26.8. The third-order valence-corrected chi connectivity index (χ3v) is 7.67. The number of hydrogen-bond acceptors (Lipinski definition) is 4. The second-order valence-corrected chi connectivity index (χ2v) is 9.15. The fraction of sp³-hybridized carbons (Fsp3) is 0.929. The molecule has 0 bridgehead atoms. The fourth-order valence-electron chi connectivity index (χ4n) is 3.50. The maximum absolute atomic E-state index is 12.2. The predicted molar refractivity (Wildman–Crippen MR) is 78.9 cm³/mol. The summed E-state index contributed by atoms with van der Waals surface area (Å²) in [6.07, 6.45) is 6.38. The molecular formula is C14H24N2O4S. The lowest BCUT2D eigenvalue weighted by Crippen LogP contribution is -2.58. The van der Waals surface area contributed by atoms with Crippen molar-refractivity contribution in [2.24, 2.45) is 0 Å². The molecule has 1 N–H and O–H groups in total. The molecule has 2 aliphatic heterocycles. The Morgan fingerprint density at radius 2 is 1.81 bits per heavy atom. The van der Waals surface area contributed by atoms with E-state index in [9.17, 15) is 13.2 Å². The number of nitrogens with zero attached hydrogens (tertiary/aromatic N) is 1. The van der Waals surface area contributed by atoms with Gasteiger partial charge in [-0.25, -0.2) is 13.2 Å². The maximum Gasteiger partial charge on any atom is 0.317 e. The Balaban J connectivity index is 1.51. The van der Waals surface area contributed by atoms with Crippen LogP contribution in [0.4, 0.5) is 4.79 Å². The largest absolute Gasteiger partial charge is 0.375 e. The summed E-state index contributed by atoms with van der Waals surface area (Å²) in [4.78, 5) is 14.0. The van der Waals surface area contributed by atoms with Crippen LogP contribution in [0.15, 0.2) is 0 Å². The first-order chi connectivity index (χ1) is 9.86. The summed E-state index contributed by atoms with van der Waals surface area (Å²) in [5, 5.41) is 2.83. The second kappa shape index (κ2) is 5.12. The lowest BCUT2D eigenvalue weighted by molar-refractivity contribution is -0.169. The molecule has 2 amide bonds. The first-order valence-corrected chi connectivity index (χ1v) is 9.61. The van der Waals surface area contributed by atoms with Gasteiger partial charge in [0.1, 0.15) is 0 Å². The van der Waals surface area contributed by atoms with Gasteiger partial charge in [-0.05, 0) is 32.1 Å². The van der Waals surface area contributed by atoms with Crippen LogP contribution in [0.2, 0.25) is 0 Å². The molecule has 0 aromatic rings. The average molecular weight is 316 g/mol. The van der Waals surface area contributed by atoms with Crippen molar-refractivity contribution >= 4 is 15.9 Å². The molecule has 2 heterocycles. The number of carbonyl (C=O) groups is 1. The molecule has 2 saturated heterocycles. The third kappa shape index (κ3) is 2.65. The summed E-state index contributed by atoms with van der Waals surface area (Å²) in [5.74, 6) is 0. The van der Waals surface area contributed by atoms with Gasteiger partial charge in [0.25, 0.3) is 0 Å². The van der Waals surface area contributed by atoms with Gasteiger partial charge < -0.3 is 15.0 Å². The second-order valence-electron chi connectivity index (χ2n) is 6.74. The number of ether oxygens (including phenoxy) is 1. The van der Waals surface area contributed by atoms with Gasteiger partial charge in [-0.2, -0.15) is 0 Å². The number of carbonyl (C=O) groups excluding carboxylic acids is 1. The smallest absolute Gasteiger partial charge is 0.317 e. The Kier molecular flexibility index (Phi) is 3.68. The number of nitrogens with one attached hydrogen (secondary N) is 1. The van der Waals surface area contributed by atoms with Crippen molar-refractivity contribution in [1.82, 2.24) is 10.2 Å². The van der Waals surface area contributed by atoms with E-state index in [0.29, 0.717) is 25.9 Å². The minimum absolute atomic E-state index is 0.0265.